The predicted molar refractivity (Wildman–Crippen MR) is 85.3 cm³/mol. The van der Waals surface area contributed by atoms with Crippen LogP contribution in [0, 0.1) is 0 Å². The number of carbonyl (C=O) groups excluding carboxylic acids is 1. The number of amides is 1. The van der Waals surface area contributed by atoms with E-state index in [1.807, 2.05) is 27.7 Å². The maximum absolute atomic E-state index is 12.3. The lowest BCUT2D eigenvalue weighted by Crippen LogP contribution is -2.52. The van der Waals surface area contributed by atoms with Crippen LogP contribution in [0.2, 0.25) is 0 Å². The molecule has 0 unspecified atom stereocenters. The highest BCUT2D eigenvalue weighted by Crippen LogP contribution is 2.35. The highest BCUT2D eigenvalue weighted by Gasteiger charge is 2.49. The van der Waals surface area contributed by atoms with Gasteiger partial charge in [-0.05, 0) is 34.1 Å². The van der Waals surface area contributed by atoms with E-state index in [1.165, 1.54) is 32.1 Å². The summed E-state index contributed by atoms with van der Waals surface area (Å²) in [6, 6.07) is 0. The van der Waals surface area contributed by atoms with Crippen molar-refractivity contribution in [2.75, 3.05) is 13.2 Å². The Balaban J connectivity index is 2.22. The molecule has 0 N–H and O–H groups in total. The summed E-state index contributed by atoms with van der Waals surface area (Å²) in [6.07, 6.45) is 8.30. The Morgan fingerprint density at radius 2 is 1.62 bits per heavy atom. The van der Waals surface area contributed by atoms with Gasteiger partial charge in [-0.15, -0.1) is 0 Å². The number of unbranched alkanes of at least 4 members (excludes halogenated alkanes) is 6. The van der Waals surface area contributed by atoms with Crippen molar-refractivity contribution in [2.45, 2.75) is 90.8 Å². The van der Waals surface area contributed by atoms with Crippen LogP contribution in [0.5, 0.6) is 0 Å². The zero-order chi connectivity index (χ0) is 15.9. The summed E-state index contributed by atoms with van der Waals surface area (Å²) < 4.78 is 11.1. The summed E-state index contributed by atoms with van der Waals surface area (Å²) in [6.45, 7) is 11.1. The first-order valence-electron chi connectivity index (χ1n) is 8.42. The third kappa shape index (κ3) is 5.50. The highest BCUT2D eigenvalue weighted by atomic mass is 16.6. The molecule has 4 heteroatoms. The van der Waals surface area contributed by atoms with E-state index in [1.54, 1.807) is 4.90 Å². The first-order chi connectivity index (χ1) is 9.81. The van der Waals surface area contributed by atoms with Gasteiger partial charge < -0.3 is 9.47 Å². The van der Waals surface area contributed by atoms with E-state index in [4.69, 9.17) is 9.47 Å². The first kappa shape index (κ1) is 18.3. The van der Waals surface area contributed by atoms with Crippen molar-refractivity contribution in [3.63, 3.8) is 0 Å². The van der Waals surface area contributed by atoms with Crippen LogP contribution >= 0.6 is 0 Å². The molecule has 1 amide bonds. The largest absolute Gasteiger partial charge is 0.449 e. The molecule has 0 radical (unpaired) electrons. The van der Waals surface area contributed by atoms with Gasteiger partial charge in [0.05, 0.1) is 18.8 Å². The Labute approximate surface area is 130 Å². The number of hydrogen-bond acceptors (Lipinski definition) is 3. The molecule has 1 fully saturated rings. The molecule has 1 rings (SSSR count). The third-order valence-electron chi connectivity index (χ3n) is 4.08. The topological polar surface area (TPSA) is 38.8 Å². The monoisotopic (exact) mass is 299 g/mol. The lowest BCUT2D eigenvalue weighted by molar-refractivity contribution is -0.0519. The molecule has 0 aromatic heterocycles. The Hall–Kier alpha value is -0.770. The molecule has 0 atom stereocenters. The summed E-state index contributed by atoms with van der Waals surface area (Å²) in [4.78, 5) is 14.0. The normalized spacial score (nSPS) is 19.8. The number of carbonyl (C=O) groups is 1. The summed E-state index contributed by atoms with van der Waals surface area (Å²) >= 11 is 0. The van der Waals surface area contributed by atoms with Crippen molar-refractivity contribution in [3.8, 4) is 0 Å². The van der Waals surface area contributed by atoms with Crippen LogP contribution in [0.4, 0.5) is 4.79 Å². The minimum absolute atomic E-state index is 0.256. The molecular weight excluding hydrogens is 266 g/mol. The van der Waals surface area contributed by atoms with E-state index in [0.29, 0.717) is 13.2 Å². The van der Waals surface area contributed by atoms with Crippen molar-refractivity contribution in [1.82, 2.24) is 4.90 Å². The van der Waals surface area contributed by atoms with Gasteiger partial charge in [-0.2, -0.15) is 0 Å². The minimum atomic E-state index is -0.583. The van der Waals surface area contributed by atoms with Crippen molar-refractivity contribution < 1.29 is 14.3 Å². The van der Waals surface area contributed by atoms with Crippen LogP contribution in [0.1, 0.15) is 79.6 Å². The fourth-order valence-electron chi connectivity index (χ4n) is 2.96. The van der Waals surface area contributed by atoms with E-state index >= 15 is 0 Å². The maximum atomic E-state index is 12.3. The van der Waals surface area contributed by atoms with Gasteiger partial charge in [0.2, 0.25) is 0 Å². The molecule has 124 valence electrons. The summed E-state index contributed by atoms with van der Waals surface area (Å²) in [5.74, 6) is 0. The Kier molecular flexibility index (Phi) is 6.98. The van der Waals surface area contributed by atoms with Crippen LogP contribution in [0.25, 0.3) is 0 Å². The molecule has 21 heavy (non-hydrogen) atoms. The minimum Gasteiger partial charge on any atom is -0.449 e. The van der Waals surface area contributed by atoms with E-state index < -0.39 is 5.72 Å². The zero-order valence-electron chi connectivity index (χ0n) is 14.5. The van der Waals surface area contributed by atoms with Crippen molar-refractivity contribution >= 4 is 6.09 Å². The van der Waals surface area contributed by atoms with E-state index in [0.717, 1.165) is 12.8 Å². The molecule has 1 aliphatic rings. The van der Waals surface area contributed by atoms with Crippen LogP contribution in [0.15, 0.2) is 0 Å². The van der Waals surface area contributed by atoms with Crippen molar-refractivity contribution in [2.24, 2.45) is 0 Å². The molecule has 0 aromatic rings. The molecule has 0 aromatic carbocycles. The van der Waals surface area contributed by atoms with E-state index in [-0.39, 0.29) is 11.6 Å². The van der Waals surface area contributed by atoms with Gasteiger partial charge in [0.25, 0.3) is 0 Å². The van der Waals surface area contributed by atoms with Crippen molar-refractivity contribution in [1.29, 1.82) is 0 Å². The number of hydrogen-bond donors (Lipinski definition) is 0. The second-order valence-electron chi connectivity index (χ2n) is 7.12. The molecule has 0 saturated carbocycles. The fourth-order valence-corrected chi connectivity index (χ4v) is 2.96. The van der Waals surface area contributed by atoms with Gasteiger partial charge in [-0.25, -0.2) is 4.79 Å². The molecule has 0 bridgehead atoms. The fraction of sp³-hybridized carbons (Fsp3) is 0.941. The van der Waals surface area contributed by atoms with Gasteiger partial charge in [0.1, 0.15) is 5.72 Å². The number of ether oxygens (including phenoxy) is 2. The molecular formula is C17H33NO3. The maximum Gasteiger partial charge on any atom is 0.412 e. The summed E-state index contributed by atoms with van der Waals surface area (Å²) in [7, 11) is 0. The lowest BCUT2D eigenvalue weighted by Gasteiger charge is -2.36. The van der Waals surface area contributed by atoms with Crippen LogP contribution in [0.3, 0.4) is 0 Å². The first-order valence-corrected chi connectivity index (χ1v) is 8.42. The van der Waals surface area contributed by atoms with Gasteiger partial charge in [0.15, 0.2) is 0 Å². The van der Waals surface area contributed by atoms with E-state index in [9.17, 15) is 4.79 Å². The smallest absolute Gasteiger partial charge is 0.412 e. The standard InChI is InChI=1S/C17H33NO3/c1-6-7-8-9-10-11-12-13-20-15(19)18-16(2,3)14-21-17(18,4)5/h6-14H2,1-5H3. The predicted octanol–water partition coefficient (Wildman–Crippen LogP) is 4.72. The molecule has 1 saturated heterocycles. The SMILES string of the molecule is CCCCCCCCCOC(=O)N1C(C)(C)COC1(C)C. The van der Waals surface area contributed by atoms with Gasteiger partial charge in [-0.1, -0.05) is 45.4 Å². The van der Waals surface area contributed by atoms with Crippen LogP contribution < -0.4 is 0 Å². The van der Waals surface area contributed by atoms with E-state index in [2.05, 4.69) is 6.92 Å². The average molecular weight is 299 g/mol. The summed E-state index contributed by atoms with van der Waals surface area (Å²) in [5.41, 5.74) is -0.887. The Morgan fingerprint density at radius 1 is 1.05 bits per heavy atom. The van der Waals surface area contributed by atoms with Gasteiger partial charge in [-0.3, -0.25) is 4.90 Å². The Morgan fingerprint density at radius 3 is 2.14 bits per heavy atom. The molecule has 1 heterocycles. The highest BCUT2D eigenvalue weighted by molar-refractivity contribution is 5.69. The number of nitrogens with zero attached hydrogens (tertiary/aromatic N) is 1. The second-order valence-corrected chi connectivity index (χ2v) is 7.12. The Bertz CT molecular complexity index is 310. The second kappa shape index (κ2) is 8.02. The summed E-state index contributed by atoms with van der Waals surface area (Å²) in [5, 5.41) is 0. The van der Waals surface area contributed by atoms with Crippen LogP contribution in [-0.2, 0) is 9.47 Å². The van der Waals surface area contributed by atoms with Gasteiger partial charge >= 0.3 is 6.09 Å². The molecule has 4 nitrogen and oxygen atoms in total. The van der Waals surface area contributed by atoms with Crippen LogP contribution in [-0.4, -0.2) is 35.5 Å². The number of rotatable bonds is 8. The molecule has 0 aliphatic carbocycles. The molecule has 0 spiro atoms. The lowest BCUT2D eigenvalue weighted by atomic mass is 10.0. The average Bonchev–Trinajstić information content (AvgIpc) is 2.61. The van der Waals surface area contributed by atoms with Crippen molar-refractivity contribution in [3.05, 3.63) is 0 Å². The quantitative estimate of drug-likeness (QED) is 0.609. The zero-order valence-corrected chi connectivity index (χ0v) is 14.5. The van der Waals surface area contributed by atoms with Gasteiger partial charge in [0, 0.05) is 0 Å². The third-order valence-corrected chi connectivity index (χ3v) is 4.08. The molecule has 1 aliphatic heterocycles.